The third-order valence-corrected chi connectivity index (χ3v) is 4.84. The Morgan fingerprint density at radius 1 is 0.396 bits per heavy atom. The van der Waals surface area contributed by atoms with E-state index in [9.17, 15) is 0 Å². The summed E-state index contributed by atoms with van der Waals surface area (Å²) >= 11 is 0. The second-order valence-corrected chi connectivity index (χ2v) is 9.87. The van der Waals surface area contributed by atoms with Gasteiger partial charge in [-0.1, -0.05) is 24.3 Å². The average molecular weight is 891 g/mol. The minimum atomic E-state index is -4.94. The van der Waals surface area contributed by atoms with Crippen LogP contribution in [0, 0.1) is 20.5 Å². The fraction of sp³-hybridized carbons (Fsp3) is 0.143. The van der Waals surface area contributed by atoms with Gasteiger partial charge in [0.25, 0.3) is 0 Å². The molecule has 0 radical (unpaired) electrons. The molecule has 4 rings (SSSR count). The quantitative estimate of drug-likeness (QED) is 0.101. The van der Waals surface area contributed by atoms with Crippen LogP contribution in [0.4, 0.5) is 0 Å². The number of hydrogen-bond donors (Lipinski definition) is 0. The third-order valence-electron chi connectivity index (χ3n) is 4.84. The second kappa shape index (κ2) is 25.1. The van der Waals surface area contributed by atoms with Crippen molar-refractivity contribution in [3.63, 3.8) is 0 Å². The van der Waals surface area contributed by atoms with Crippen molar-refractivity contribution in [1.29, 1.82) is 0 Å². The zero-order valence-electron chi connectivity index (χ0n) is 25.4. The zero-order valence-corrected chi connectivity index (χ0v) is 29.9. The molecule has 0 bridgehead atoms. The van der Waals surface area contributed by atoms with Crippen molar-refractivity contribution in [2.75, 3.05) is 0 Å². The first-order valence-corrected chi connectivity index (χ1v) is 15.1. The molecule has 4 heterocycles. The predicted molar refractivity (Wildman–Crippen MR) is 146 cm³/mol. The maximum Gasteiger partial charge on any atom is 1.00 e. The molecule has 0 saturated heterocycles. The van der Waals surface area contributed by atoms with E-state index >= 15 is 0 Å². The SMILES string of the molecule is C/C(=N\N=C(/C)c1ccccn1)c1ccccn1.C/C(=N\N=C(/C)c1ccccn1)c1ccccn1.[Ag+].[Ag+].[O-][Cl+3]([O-])([O-])[O-].[O-][Cl+3]([O-])([O-])[O-]. The summed E-state index contributed by atoms with van der Waals surface area (Å²) in [6, 6.07) is 22.8. The standard InChI is InChI=1S/2C14H14N4.2Ag.2ClHO4/c2*1-11(13-7-3-5-9-15-13)17-18-12(2)14-8-4-6-10-16-14;;;2*2-1(3,4)5/h2*3-10H,1-2H3;;;2*(H,2,3,4,5)/q;;2*+1;;/p-2/b2*17-11+,18-12+;;;;. The Kier molecular flexibility index (Phi) is 24.6. The second-order valence-electron chi connectivity index (χ2n) is 8.36. The molecule has 0 aromatic carbocycles. The van der Waals surface area contributed by atoms with Crippen LogP contribution < -0.4 is 37.3 Å². The molecule has 4 aromatic rings. The summed E-state index contributed by atoms with van der Waals surface area (Å²) in [4.78, 5) is 16.9. The van der Waals surface area contributed by atoms with Crippen LogP contribution in [0.5, 0.6) is 0 Å². The summed E-state index contributed by atoms with van der Waals surface area (Å²) in [5.41, 5.74) is 6.45. The van der Waals surface area contributed by atoms with E-state index in [1.54, 1.807) is 24.8 Å². The monoisotopic (exact) mass is 888 g/mol. The van der Waals surface area contributed by atoms with Crippen molar-refractivity contribution in [3.05, 3.63) is 120 Å². The zero-order chi connectivity index (χ0) is 34.6. The van der Waals surface area contributed by atoms with Crippen LogP contribution in [0.2, 0.25) is 0 Å². The minimum Gasteiger partial charge on any atom is -0.255 e. The van der Waals surface area contributed by atoms with Gasteiger partial charge in [0.15, 0.2) is 0 Å². The Labute approximate surface area is 311 Å². The molecule has 0 aliphatic carbocycles. The van der Waals surface area contributed by atoms with E-state index in [0.717, 1.165) is 45.6 Å². The first-order chi connectivity index (χ1) is 21.5. The molecule has 0 unspecified atom stereocenters. The van der Waals surface area contributed by atoms with Crippen molar-refractivity contribution >= 4 is 22.8 Å². The molecule has 0 N–H and O–H groups in total. The molecule has 0 aliphatic heterocycles. The van der Waals surface area contributed by atoms with Gasteiger partial charge in [-0.25, -0.2) is 37.3 Å². The third kappa shape index (κ3) is 25.1. The van der Waals surface area contributed by atoms with Crippen LogP contribution in [-0.2, 0) is 44.8 Å². The fourth-order valence-corrected chi connectivity index (χ4v) is 2.81. The maximum atomic E-state index is 8.49. The first kappa shape index (κ1) is 47.1. The number of rotatable bonds is 6. The van der Waals surface area contributed by atoms with Crippen LogP contribution in [0.3, 0.4) is 0 Å². The fourth-order valence-electron chi connectivity index (χ4n) is 2.81. The summed E-state index contributed by atoms with van der Waals surface area (Å²) < 4.78 is 67.9. The van der Waals surface area contributed by atoms with Crippen LogP contribution in [0.15, 0.2) is 118 Å². The Bertz CT molecular complexity index is 1330. The van der Waals surface area contributed by atoms with Crippen LogP contribution in [0.1, 0.15) is 50.5 Å². The van der Waals surface area contributed by atoms with Gasteiger partial charge in [0.2, 0.25) is 0 Å². The first-order valence-electron chi connectivity index (χ1n) is 12.6. The van der Waals surface area contributed by atoms with E-state index in [0.29, 0.717) is 0 Å². The largest absolute Gasteiger partial charge is 1.00 e. The van der Waals surface area contributed by atoms with E-state index in [1.165, 1.54) is 0 Å². The van der Waals surface area contributed by atoms with E-state index in [-0.39, 0.29) is 44.8 Å². The molecule has 0 aliphatic rings. The smallest absolute Gasteiger partial charge is 0.255 e. The number of halogens is 2. The number of pyridine rings is 4. The molecule has 0 spiro atoms. The summed E-state index contributed by atoms with van der Waals surface area (Å²) in [5, 5.41) is 16.7. The van der Waals surface area contributed by atoms with Crippen LogP contribution >= 0.6 is 0 Å². The van der Waals surface area contributed by atoms with E-state index in [2.05, 4.69) is 40.3 Å². The summed E-state index contributed by atoms with van der Waals surface area (Å²) in [7, 11) is -9.89. The van der Waals surface area contributed by atoms with Crippen molar-refractivity contribution < 1.29 is 103 Å². The van der Waals surface area contributed by atoms with Gasteiger partial charge in [-0.2, -0.15) is 20.4 Å². The average Bonchev–Trinajstić information content (AvgIpc) is 3.02. The predicted octanol–water partition coefficient (Wildman–Crippen LogP) is -4.10. The summed E-state index contributed by atoms with van der Waals surface area (Å²) in [5.74, 6) is 0. The van der Waals surface area contributed by atoms with Gasteiger partial charge in [-0.3, -0.25) is 19.9 Å². The Morgan fingerprint density at radius 2 is 0.562 bits per heavy atom. The van der Waals surface area contributed by atoms with Gasteiger partial charge >= 0.3 is 44.8 Å². The minimum absolute atomic E-state index is 0. The van der Waals surface area contributed by atoms with E-state index in [1.807, 2.05) is 100 Å². The van der Waals surface area contributed by atoms with Gasteiger partial charge in [0.05, 0.1) is 45.6 Å². The van der Waals surface area contributed by atoms with Crippen LogP contribution in [-0.4, -0.2) is 42.8 Å². The molecule has 16 nitrogen and oxygen atoms in total. The number of aromatic nitrogens is 4. The Balaban J connectivity index is 0. The molecule has 0 saturated carbocycles. The molecule has 0 amide bonds. The maximum absolute atomic E-state index is 8.49. The van der Waals surface area contributed by atoms with Gasteiger partial charge < -0.3 is 0 Å². The molecule has 4 aromatic heterocycles. The molecular weight excluding hydrogens is 863 g/mol. The molecule has 0 atom stereocenters. The molecule has 20 heteroatoms. The van der Waals surface area contributed by atoms with Crippen molar-refractivity contribution in [2.45, 2.75) is 27.7 Å². The van der Waals surface area contributed by atoms with Gasteiger partial charge in [0, 0.05) is 24.8 Å². The van der Waals surface area contributed by atoms with E-state index in [4.69, 9.17) is 37.3 Å². The number of hydrogen-bond acceptors (Lipinski definition) is 16. The topological polar surface area (TPSA) is 285 Å². The molecule has 0 fully saturated rings. The van der Waals surface area contributed by atoms with E-state index < -0.39 is 20.5 Å². The van der Waals surface area contributed by atoms with Crippen molar-refractivity contribution in [3.8, 4) is 0 Å². The van der Waals surface area contributed by atoms with Crippen molar-refractivity contribution in [2.24, 2.45) is 20.4 Å². The normalized spacial score (nSPS) is 11.9. The van der Waals surface area contributed by atoms with Gasteiger partial charge in [-0.15, -0.1) is 20.5 Å². The van der Waals surface area contributed by atoms with Gasteiger partial charge in [0.1, 0.15) is 0 Å². The summed E-state index contributed by atoms with van der Waals surface area (Å²) in [6.45, 7) is 7.55. The van der Waals surface area contributed by atoms with Gasteiger partial charge in [-0.05, 0) is 76.2 Å². The molecule has 48 heavy (non-hydrogen) atoms. The van der Waals surface area contributed by atoms with Crippen LogP contribution in [0.25, 0.3) is 0 Å². The van der Waals surface area contributed by atoms with Crippen molar-refractivity contribution in [1.82, 2.24) is 19.9 Å². The Morgan fingerprint density at radius 3 is 0.688 bits per heavy atom. The Hall–Kier alpha value is -2.98. The molecular formula is C28H28Ag2Cl2N8O8. The molecule has 264 valence electrons. The summed E-state index contributed by atoms with van der Waals surface area (Å²) in [6.07, 6.45) is 6.96. The number of nitrogens with zero attached hydrogens (tertiary/aromatic N) is 8.